The number of H-pyrrole nitrogens is 1. The molecule has 30 heavy (non-hydrogen) atoms. The number of hydrogen-bond acceptors (Lipinski definition) is 5. The van der Waals surface area contributed by atoms with E-state index in [1.54, 1.807) is 4.90 Å². The molecule has 2 amide bonds. The molecule has 8 heteroatoms. The number of ether oxygens (including phenoxy) is 1. The lowest BCUT2D eigenvalue weighted by Crippen LogP contribution is -2.44. The van der Waals surface area contributed by atoms with Crippen molar-refractivity contribution in [2.24, 2.45) is 5.41 Å². The highest BCUT2D eigenvalue weighted by Gasteiger charge is 2.51. The summed E-state index contributed by atoms with van der Waals surface area (Å²) in [6.45, 7) is 12.0. The van der Waals surface area contributed by atoms with Crippen molar-refractivity contribution in [3.05, 3.63) is 22.5 Å². The van der Waals surface area contributed by atoms with Crippen molar-refractivity contribution in [1.82, 2.24) is 19.7 Å². The van der Waals surface area contributed by atoms with Gasteiger partial charge in [-0.25, -0.2) is 0 Å². The van der Waals surface area contributed by atoms with E-state index in [0.717, 1.165) is 52.4 Å². The van der Waals surface area contributed by atoms with Crippen molar-refractivity contribution in [1.29, 1.82) is 0 Å². The Morgan fingerprint density at radius 2 is 1.77 bits per heavy atom. The molecule has 4 rings (SSSR count). The van der Waals surface area contributed by atoms with E-state index < -0.39 is 5.41 Å². The molecule has 3 fully saturated rings. The average molecular weight is 417 g/mol. The van der Waals surface area contributed by atoms with Gasteiger partial charge in [0.15, 0.2) is 5.78 Å². The Bertz CT molecular complexity index is 858. The van der Waals surface area contributed by atoms with E-state index in [-0.39, 0.29) is 17.6 Å². The standard InChI is InChI=1S/C22H32N4O4/c1-15-18(16(2)23-19(15)17(3)27)20(28)26-7-5-22(14-26)4-6-25(21(22)29)9-8-24-10-12-30-13-11-24/h23H,4-14H2,1-3H3. The Morgan fingerprint density at radius 3 is 2.43 bits per heavy atom. The molecule has 3 aliphatic heterocycles. The van der Waals surface area contributed by atoms with Crippen molar-refractivity contribution < 1.29 is 19.1 Å². The first kappa shape index (κ1) is 21.1. The third-order valence-corrected chi connectivity index (χ3v) is 7.04. The SMILES string of the molecule is CC(=O)c1[nH]c(C)c(C(=O)N2CCC3(CCN(CCN4CCOCC4)C3=O)C2)c1C. The van der Waals surface area contributed by atoms with Gasteiger partial charge in [0.2, 0.25) is 5.91 Å². The molecule has 0 bridgehead atoms. The van der Waals surface area contributed by atoms with E-state index >= 15 is 0 Å². The van der Waals surface area contributed by atoms with Gasteiger partial charge in [-0.2, -0.15) is 0 Å². The molecule has 8 nitrogen and oxygen atoms in total. The van der Waals surface area contributed by atoms with Gasteiger partial charge >= 0.3 is 0 Å². The van der Waals surface area contributed by atoms with Gasteiger partial charge in [-0.05, 0) is 32.3 Å². The van der Waals surface area contributed by atoms with Crippen LogP contribution in [0.3, 0.4) is 0 Å². The molecule has 1 atom stereocenters. The Balaban J connectivity index is 1.41. The summed E-state index contributed by atoms with van der Waals surface area (Å²) in [6, 6.07) is 0. The summed E-state index contributed by atoms with van der Waals surface area (Å²) < 4.78 is 5.39. The number of rotatable bonds is 5. The smallest absolute Gasteiger partial charge is 0.255 e. The monoisotopic (exact) mass is 416 g/mol. The van der Waals surface area contributed by atoms with Crippen molar-refractivity contribution in [3.63, 3.8) is 0 Å². The summed E-state index contributed by atoms with van der Waals surface area (Å²) in [5.41, 5.74) is 2.05. The number of nitrogens with zero attached hydrogens (tertiary/aromatic N) is 3. The van der Waals surface area contributed by atoms with E-state index in [4.69, 9.17) is 4.74 Å². The lowest BCUT2D eigenvalue weighted by atomic mass is 9.85. The quantitative estimate of drug-likeness (QED) is 0.730. The average Bonchev–Trinajstić information content (AvgIpc) is 3.39. The van der Waals surface area contributed by atoms with Gasteiger partial charge in [-0.15, -0.1) is 0 Å². The predicted octanol–water partition coefficient (Wildman–Crippen LogP) is 1.23. The topological polar surface area (TPSA) is 86.0 Å². The molecule has 164 valence electrons. The lowest BCUT2D eigenvalue weighted by molar-refractivity contribution is -0.135. The molecule has 1 spiro atoms. The Kier molecular flexibility index (Phi) is 5.72. The number of morpholine rings is 1. The normalized spacial score (nSPS) is 25.0. The molecule has 0 aromatic carbocycles. The van der Waals surface area contributed by atoms with E-state index in [0.29, 0.717) is 42.0 Å². The first-order valence-electron chi connectivity index (χ1n) is 10.9. The van der Waals surface area contributed by atoms with Crippen molar-refractivity contribution in [2.75, 3.05) is 59.0 Å². The van der Waals surface area contributed by atoms with Crippen LogP contribution in [0.4, 0.5) is 0 Å². The van der Waals surface area contributed by atoms with Crippen molar-refractivity contribution in [2.45, 2.75) is 33.6 Å². The number of ketones is 1. The molecule has 0 radical (unpaired) electrons. The predicted molar refractivity (Wildman–Crippen MR) is 112 cm³/mol. The van der Waals surface area contributed by atoms with Gasteiger partial charge in [-0.3, -0.25) is 19.3 Å². The summed E-state index contributed by atoms with van der Waals surface area (Å²) in [4.78, 5) is 47.5. The van der Waals surface area contributed by atoms with Gasteiger partial charge < -0.3 is 19.5 Å². The van der Waals surface area contributed by atoms with E-state index in [9.17, 15) is 14.4 Å². The second-order valence-corrected chi connectivity index (χ2v) is 8.93. The molecule has 0 aliphatic carbocycles. The molecule has 1 aromatic rings. The minimum atomic E-state index is -0.442. The van der Waals surface area contributed by atoms with Crippen LogP contribution in [-0.2, 0) is 9.53 Å². The Labute approximate surface area is 177 Å². The number of hydrogen-bond donors (Lipinski definition) is 1. The highest BCUT2D eigenvalue weighted by molar-refractivity contribution is 6.03. The van der Waals surface area contributed by atoms with Crippen LogP contribution < -0.4 is 0 Å². The van der Waals surface area contributed by atoms with E-state index in [1.165, 1.54) is 6.92 Å². The summed E-state index contributed by atoms with van der Waals surface area (Å²) in [6.07, 6.45) is 1.52. The van der Waals surface area contributed by atoms with Crippen LogP contribution in [0.25, 0.3) is 0 Å². The van der Waals surface area contributed by atoms with Gasteiger partial charge in [0.05, 0.1) is 29.9 Å². The fourth-order valence-electron chi connectivity index (χ4n) is 5.20. The summed E-state index contributed by atoms with van der Waals surface area (Å²) in [7, 11) is 0. The number of nitrogens with one attached hydrogen (secondary N) is 1. The minimum absolute atomic E-state index is 0.0746. The third-order valence-electron chi connectivity index (χ3n) is 7.04. The number of carbonyl (C=O) groups is 3. The zero-order valence-electron chi connectivity index (χ0n) is 18.3. The van der Waals surface area contributed by atoms with Crippen LogP contribution in [0.5, 0.6) is 0 Å². The van der Waals surface area contributed by atoms with Gasteiger partial charge in [0.1, 0.15) is 0 Å². The van der Waals surface area contributed by atoms with Gasteiger partial charge in [-0.1, -0.05) is 0 Å². The zero-order valence-corrected chi connectivity index (χ0v) is 18.3. The second-order valence-electron chi connectivity index (χ2n) is 8.93. The number of aryl methyl sites for hydroxylation is 1. The van der Waals surface area contributed by atoms with E-state index in [2.05, 4.69) is 9.88 Å². The van der Waals surface area contributed by atoms with Gasteiger partial charge in [0, 0.05) is 58.4 Å². The molecule has 1 aromatic heterocycles. The fraction of sp³-hybridized carbons (Fsp3) is 0.682. The van der Waals surface area contributed by atoms with Crippen LogP contribution in [0.2, 0.25) is 0 Å². The van der Waals surface area contributed by atoms with Crippen molar-refractivity contribution in [3.8, 4) is 0 Å². The second kappa shape index (κ2) is 8.15. The first-order chi connectivity index (χ1) is 14.3. The van der Waals surface area contributed by atoms with Crippen LogP contribution in [0, 0.1) is 19.3 Å². The molecular weight excluding hydrogens is 384 g/mol. The number of aromatic amines is 1. The van der Waals surface area contributed by atoms with Crippen LogP contribution in [-0.4, -0.2) is 96.3 Å². The van der Waals surface area contributed by atoms with Crippen LogP contribution in [0.1, 0.15) is 51.9 Å². The molecule has 3 saturated heterocycles. The summed E-state index contributed by atoms with van der Waals surface area (Å²) >= 11 is 0. The maximum Gasteiger partial charge on any atom is 0.255 e. The Hall–Kier alpha value is -2.19. The summed E-state index contributed by atoms with van der Waals surface area (Å²) in [5, 5.41) is 0. The van der Waals surface area contributed by atoms with E-state index in [1.807, 2.05) is 18.7 Å². The maximum atomic E-state index is 13.2. The van der Waals surface area contributed by atoms with Gasteiger partial charge in [0.25, 0.3) is 5.91 Å². The molecule has 4 heterocycles. The summed E-state index contributed by atoms with van der Waals surface area (Å²) in [5.74, 6) is 0.0395. The molecule has 1 unspecified atom stereocenters. The highest BCUT2D eigenvalue weighted by Crippen LogP contribution is 2.41. The number of likely N-dealkylation sites (tertiary alicyclic amines) is 2. The maximum absolute atomic E-state index is 13.2. The zero-order chi connectivity index (χ0) is 21.5. The van der Waals surface area contributed by atoms with Crippen LogP contribution in [0.15, 0.2) is 0 Å². The lowest BCUT2D eigenvalue weighted by Gasteiger charge is -2.29. The Morgan fingerprint density at radius 1 is 1.07 bits per heavy atom. The van der Waals surface area contributed by atoms with Crippen molar-refractivity contribution >= 4 is 17.6 Å². The fourth-order valence-corrected chi connectivity index (χ4v) is 5.20. The van der Waals surface area contributed by atoms with Crippen LogP contribution >= 0.6 is 0 Å². The first-order valence-corrected chi connectivity index (χ1v) is 10.9. The number of Topliss-reactive ketones (excluding diaryl/α,β-unsaturated/α-hetero) is 1. The molecule has 1 N–H and O–H groups in total. The highest BCUT2D eigenvalue weighted by atomic mass is 16.5. The molecule has 0 saturated carbocycles. The number of aromatic nitrogens is 1. The largest absolute Gasteiger partial charge is 0.379 e. The minimum Gasteiger partial charge on any atom is -0.379 e. The number of carbonyl (C=O) groups excluding carboxylic acids is 3. The molecular formula is C22H32N4O4. The molecule has 3 aliphatic rings. The third kappa shape index (κ3) is 3.67. The number of amides is 2.